The average molecular weight is 463 g/mol. The lowest BCUT2D eigenvalue weighted by Crippen LogP contribution is -2.48. The number of nitrogens with zero attached hydrogens (tertiary/aromatic N) is 2. The van der Waals surface area contributed by atoms with Crippen LogP contribution in [0.2, 0.25) is 5.02 Å². The molecule has 0 saturated heterocycles. The molecule has 2 atom stereocenters. The minimum absolute atomic E-state index is 0.0561. The lowest BCUT2D eigenvalue weighted by molar-refractivity contribution is -0.0361. The molecule has 0 spiro atoms. The van der Waals surface area contributed by atoms with Gasteiger partial charge in [-0.3, -0.25) is 9.48 Å². The van der Waals surface area contributed by atoms with Crippen LogP contribution < -0.4 is 11.1 Å². The minimum atomic E-state index is -1.06. The summed E-state index contributed by atoms with van der Waals surface area (Å²) in [4.78, 5) is 12.9. The molecule has 1 fully saturated rings. The zero-order valence-electron chi connectivity index (χ0n) is 19.4. The number of aliphatic hydroxyl groups is 2. The summed E-state index contributed by atoms with van der Waals surface area (Å²) in [6, 6.07) is 7.09. The van der Waals surface area contributed by atoms with Gasteiger partial charge >= 0.3 is 0 Å². The number of aryl methyl sites for hydroxylation is 1. The van der Waals surface area contributed by atoms with Crippen LogP contribution >= 0.6 is 11.6 Å². The molecule has 0 bridgehead atoms. The standard InChI is InChI=1S/C24H35ClN4O3/c1-16-10-20(28-29(16)15-23(4,31)13-26)17-6-7-19(25)18(11-17)21(30)27-14-24(32)9-5-8-22(2,3)12-24/h6-7,10-11,31-32H,5,8-9,12-15,26H2,1-4H3,(H,27,30). The fourth-order valence-corrected chi connectivity index (χ4v) is 4.71. The third kappa shape index (κ3) is 5.90. The third-order valence-electron chi connectivity index (χ3n) is 6.30. The van der Waals surface area contributed by atoms with Gasteiger partial charge in [0.1, 0.15) is 0 Å². The summed E-state index contributed by atoms with van der Waals surface area (Å²) in [6.45, 7) is 8.44. The van der Waals surface area contributed by atoms with E-state index in [-0.39, 0.29) is 31.0 Å². The maximum Gasteiger partial charge on any atom is 0.252 e. The molecule has 3 rings (SSSR count). The maximum absolute atomic E-state index is 12.9. The highest BCUT2D eigenvalue weighted by Crippen LogP contribution is 2.40. The molecular weight excluding hydrogens is 428 g/mol. The fourth-order valence-electron chi connectivity index (χ4n) is 4.51. The van der Waals surface area contributed by atoms with Gasteiger partial charge in [0.15, 0.2) is 0 Å². The summed E-state index contributed by atoms with van der Waals surface area (Å²) in [5.74, 6) is -0.323. The Bertz CT molecular complexity index is 986. The van der Waals surface area contributed by atoms with Crippen LogP contribution in [0.25, 0.3) is 11.3 Å². The van der Waals surface area contributed by atoms with Gasteiger partial charge in [-0.1, -0.05) is 31.5 Å². The molecule has 176 valence electrons. The van der Waals surface area contributed by atoms with E-state index >= 15 is 0 Å². The van der Waals surface area contributed by atoms with Crippen LogP contribution in [0.5, 0.6) is 0 Å². The summed E-state index contributed by atoms with van der Waals surface area (Å²) < 4.78 is 1.71. The number of carbonyl (C=O) groups is 1. The maximum atomic E-state index is 12.9. The summed E-state index contributed by atoms with van der Waals surface area (Å²) in [7, 11) is 0. The van der Waals surface area contributed by atoms with Crippen molar-refractivity contribution in [3.63, 3.8) is 0 Å². The molecule has 1 aliphatic carbocycles. The number of rotatable bonds is 7. The quantitative estimate of drug-likeness (QED) is 0.504. The predicted octanol–water partition coefficient (Wildman–Crippen LogP) is 3.28. The SMILES string of the molecule is Cc1cc(-c2ccc(Cl)c(C(=O)NCC3(O)CCCC(C)(C)C3)c2)nn1CC(C)(O)CN. The highest BCUT2D eigenvalue weighted by atomic mass is 35.5. The topological polar surface area (TPSA) is 113 Å². The van der Waals surface area contributed by atoms with Crippen LogP contribution in [0.3, 0.4) is 0 Å². The van der Waals surface area contributed by atoms with Crippen molar-refractivity contribution in [2.24, 2.45) is 11.1 Å². The van der Waals surface area contributed by atoms with E-state index in [1.165, 1.54) is 0 Å². The molecule has 2 aromatic rings. The van der Waals surface area contributed by atoms with Crippen molar-refractivity contribution in [2.75, 3.05) is 13.1 Å². The third-order valence-corrected chi connectivity index (χ3v) is 6.63. The number of hydrogen-bond acceptors (Lipinski definition) is 5. The molecule has 1 aromatic carbocycles. The van der Waals surface area contributed by atoms with E-state index in [1.807, 2.05) is 19.1 Å². The second kappa shape index (κ2) is 9.14. The van der Waals surface area contributed by atoms with Gasteiger partial charge in [-0.25, -0.2) is 0 Å². The molecule has 1 heterocycles. The number of halogens is 1. The first-order valence-electron chi connectivity index (χ1n) is 11.1. The fraction of sp³-hybridized carbons (Fsp3) is 0.583. The lowest BCUT2D eigenvalue weighted by atomic mass is 9.70. The highest BCUT2D eigenvalue weighted by molar-refractivity contribution is 6.34. The van der Waals surface area contributed by atoms with E-state index in [1.54, 1.807) is 23.7 Å². The van der Waals surface area contributed by atoms with Crippen LogP contribution in [0.1, 0.15) is 62.5 Å². The molecule has 1 amide bonds. The van der Waals surface area contributed by atoms with Crippen molar-refractivity contribution in [1.29, 1.82) is 0 Å². The van der Waals surface area contributed by atoms with Crippen LogP contribution in [0.4, 0.5) is 0 Å². The molecule has 2 unspecified atom stereocenters. The number of amides is 1. The predicted molar refractivity (Wildman–Crippen MR) is 127 cm³/mol. The Morgan fingerprint density at radius 1 is 1.34 bits per heavy atom. The van der Waals surface area contributed by atoms with E-state index in [0.29, 0.717) is 29.1 Å². The molecule has 5 N–H and O–H groups in total. The Balaban J connectivity index is 1.77. The van der Waals surface area contributed by atoms with Crippen molar-refractivity contribution >= 4 is 17.5 Å². The summed E-state index contributed by atoms with van der Waals surface area (Å²) in [5.41, 5.74) is 6.34. The largest absolute Gasteiger partial charge is 0.388 e. The van der Waals surface area contributed by atoms with Crippen molar-refractivity contribution in [3.8, 4) is 11.3 Å². The van der Waals surface area contributed by atoms with E-state index in [9.17, 15) is 15.0 Å². The first-order chi connectivity index (χ1) is 14.8. The number of carbonyl (C=O) groups excluding carboxylic acids is 1. The van der Waals surface area contributed by atoms with Gasteiger partial charge in [0.2, 0.25) is 0 Å². The van der Waals surface area contributed by atoms with Crippen LogP contribution in [-0.4, -0.2) is 50.2 Å². The monoisotopic (exact) mass is 462 g/mol. The molecule has 32 heavy (non-hydrogen) atoms. The number of nitrogens with one attached hydrogen (secondary N) is 1. The van der Waals surface area contributed by atoms with E-state index < -0.39 is 11.2 Å². The second-order valence-corrected chi connectivity index (χ2v) is 10.7. The molecule has 7 nitrogen and oxygen atoms in total. The van der Waals surface area contributed by atoms with Crippen LogP contribution in [0.15, 0.2) is 24.3 Å². The van der Waals surface area contributed by atoms with Crippen molar-refractivity contribution in [2.45, 2.75) is 71.1 Å². The molecule has 1 aliphatic rings. The van der Waals surface area contributed by atoms with Gasteiger partial charge in [-0.05, 0) is 63.1 Å². The first kappa shape index (κ1) is 24.7. The van der Waals surface area contributed by atoms with Gasteiger partial charge in [0.25, 0.3) is 5.91 Å². The Morgan fingerprint density at radius 2 is 2.06 bits per heavy atom. The average Bonchev–Trinajstić information content (AvgIpc) is 3.05. The molecular formula is C24H35ClN4O3. The number of nitrogens with two attached hydrogens (primary N) is 1. The Labute approximate surface area is 195 Å². The number of hydrogen-bond donors (Lipinski definition) is 4. The van der Waals surface area contributed by atoms with E-state index in [0.717, 1.165) is 24.1 Å². The zero-order valence-corrected chi connectivity index (χ0v) is 20.2. The van der Waals surface area contributed by atoms with Crippen molar-refractivity contribution < 1.29 is 15.0 Å². The molecule has 0 aliphatic heterocycles. The lowest BCUT2D eigenvalue weighted by Gasteiger charge is -2.41. The van der Waals surface area contributed by atoms with Gasteiger partial charge < -0.3 is 21.3 Å². The normalized spacial score (nSPS) is 22.4. The van der Waals surface area contributed by atoms with Gasteiger partial charge in [0, 0.05) is 24.3 Å². The molecule has 0 radical (unpaired) electrons. The summed E-state index contributed by atoms with van der Waals surface area (Å²) >= 11 is 6.33. The Hall–Kier alpha value is -1.93. The van der Waals surface area contributed by atoms with Gasteiger partial charge in [-0.2, -0.15) is 5.10 Å². The van der Waals surface area contributed by atoms with Gasteiger partial charge in [0.05, 0.1) is 34.0 Å². The summed E-state index contributed by atoms with van der Waals surface area (Å²) in [6.07, 6.45) is 3.34. The number of benzene rings is 1. The Kier molecular flexibility index (Phi) is 7.05. The van der Waals surface area contributed by atoms with Crippen LogP contribution in [-0.2, 0) is 6.54 Å². The zero-order chi connectivity index (χ0) is 23.7. The minimum Gasteiger partial charge on any atom is -0.388 e. The van der Waals surface area contributed by atoms with Crippen molar-refractivity contribution in [1.82, 2.24) is 15.1 Å². The second-order valence-electron chi connectivity index (χ2n) is 10.3. The van der Waals surface area contributed by atoms with Crippen molar-refractivity contribution in [3.05, 3.63) is 40.5 Å². The molecule has 1 saturated carbocycles. The molecule has 1 aromatic heterocycles. The molecule has 8 heteroatoms. The highest BCUT2D eigenvalue weighted by Gasteiger charge is 2.38. The first-order valence-corrected chi connectivity index (χ1v) is 11.5. The van der Waals surface area contributed by atoms with Gasteiger partial charge in [-0.15, -0.1) is 0 Å². The smallest absolute Gasteiger partial charge is 0.252 e. The van der Waals surface area contributed by atoms with E-state index in [2.05, 4.69) is 24.3 Å². The summed E-state index contributed by atoms with van der Waals surface area (Å²) in [5, 5.41) is 29.0. The van der Waals surface area contributed by atoms with E-state index in [4.69, 9.17) is 17.3 Å². The van der Waals surface area contributed by atoms with Crippen LogP contribution in [0, 0.1) is 12.3 Å². The number of aromatic nitrogens is 2. The Morgan fingerprint density at radius 3 is 2.72 bits per heavy atom.